The molecule has 0 unspecified atom stereocenters. The summed E-state index contributed by atoms with van der Waals surface area (Å²) in [6.07, 6.45) is 2.11. The first kappa shape index (κ1) is 19.1. The van der Waals surface area contributed by atoms with Crippen LogP contribution in [0.4, 0.5) is 5.69 Å². The first-order chi connectivity index (χ1) is 14.2. The number of nitrogens with zero attached hydrogens (tertiary/aromatic N) is 3. The number of benzene rings is 1. The van der Waals surface area contributed by atoms with Crippen molar-refractivity contribution in [3.8, 4) is 22.3 Å². The number of ether oxygens (including phenoxy) is 1. The smallest absolute Gasteiger partial charge is 0.227 e. The molecule has 7 nitrogen and oxygen atoms in total. The second kappa shape index (κ2) is 8.85. The number of thiophene rings is 1. The Balaban J connectivity index is 1.27. The summed E-state index contributed by atoms with van der Waals surface area (Å²) >= 11 is 7.38. The Kier molecular flexibility index (Phi) is 5.83. The van der Waals surface area contributed by atoms with E-state index in [1.54, 1.807) is 36.4 Å². The Morgan fingerprint density at radius 1 is 1.17 bits per heavy atom. The van der Waals surface area contributed by atoms with Gasteiger partial charge in [-0.1, -0.05) is 22.8 Å². The number of carbonyl (C=O) groups excluding carboxylic acids is 1. The molecule has 9 heteroatoms. The van der Waals surface area contributed by atoms with Crippen molar-refractivity contribution in [1.29, 1.82) is 0 Å². The van der Waals surface area contributed by atoms with Gasteiger partial charge in [0.2, 0.25) is 23.5 Å². The molecule has 0 atom stereocenters. The zero-order valence-corrected chi connectivity index (χ0v) is 16.6. The number of nitrogens with one attached hydrogen (secondary N) is 1. The summed E-state index contributed by atoms with van der Waals surface area (Å²) in [4.78, 5) is 21.6. The molecule has 0 radical (unpaired) electrons. The zero-order chi connectivity index (χ0) is 20.1. The highest BCUT2D eigenvalue weighted by atomic mass is 35.5. The molecule has 3 heterocycles. The van der Waals surface area contributed by atoms with E-state index in [2.05, 4.69) is 20.4 Å². The topological polar surface area (TPSA) is 90.1 Å². The number of hydrogen-bond donors (Lipinski definition) is 1. The van der Waals surface area contributed by atoms with Gasteiger partial charge in [0.05, 0.1) is 16.8 Å². The molecule has 1 N–H and O–H groups in total. The minimum Gasteiger partial charge on any atom is -0.439 e. The second-order valence-electron chi connectivity index (χ2n) is 5.98. The Labute approximate surface area is 175 Å². The van der Waals surface area contributed by atoms with Crippen molar-refractivity contribution in [3.63, 3.8) is 0 Å². The molecule has 1 aromatic carbocycles. The van der Waals surface area contributed by atoms with E-state index in [9.17, 15) is 4.79 Å². The van der Waals surface area contributed by atoms with E-state index < -0.39 is 0 Å². The summed E-state index contributed by atoms with van der Waals surface area (Å²) in [5.41, 5.74) is 0.572. The third-order valence-electron chi connectivity index (χ3n) is 3.83. The van der Waals surface area contributed by atoms with E-state index in [-0.39, 0.29) is 12.3 Å². The van der Waals surface area contributed by atoms with Crippen LogP contribution in [0.1, 0.15) is 12.3 Å². The standard InChI is InChI=1S/C20H15ClN4O3S/c21-13-3-6-15(7-4-13)27-18-9-5-14(12-22-18)23-17(26)8-10-19-24-20(25-28-19)16-2-1-11-29-16/h1-7,9,11-12H,8,10H2,(H,23,26). The van der Waals surface area contributed by atoms with Crippen LogP contribution < -0.4 is 10.1 Å². The lowest BCUT2D eigenvalue weighted by Gasteiger charge is -2.07. The fourth-order valence-electron chi connectivity index (χ4n) is 2.44. The summed E-state index contributed by atoms with van der Waals surface area (Å²) in [5.74, 6) is 1.83. The van der Waals surface area contributed by atoms with Crippen LogP contribution >= 0.6 is 22.9 Å². The maximum Gasteiger partial charge on any atom is 0.227 e. The van der Waals surface area contributed by atoms with Gasteiger partial charge in [-0.15, -0.1) is 11.3 Å². The van der Waals surface area contributed by atoms with Gasteiger partial charge in [0, 0.05) is 23.9 Å². The monoisotopic (exact) mass is 426 g/mol. The van der Waals surface area contributed by atoms with Crippen LogP contribution in [0.2, 0.25) is 5.02 Å². The molecule has 0 aliphatic rings. The van der Waals surface area contributed by atoms with Crippen LogP contribution in [0, 0.1) is 0 Å². The van der Waals surface area contributed by atoms with Crippen molar-refractivity contribution < 1.29 is 14.1 Å². The number of hydrogen-bond acceptors (Lipinski definition) is 7. The first-order valence-electron chi connectivity index (χ1n) is 8.71. The van der Waals surface area contributed by atoms with Gasteiger partial charge in [-0.2, -0.15) is 4.98 Å². The SMILES string of the molecule is O=C(CCc1nc(-c2cccs2)no1)Nc1ccc(Oc2ccc(Cl)cc2)nc1. The number of carbonyl (C=O) groups is 1. The third-order valence-corrected chi connectivity index (χ3v) is 4.95. The number of anilines is 1. The first-order valence-corrected chi connectivity index (χ1v) is 9.97. The number of aromatic nitrogens is 3. The summed E-state index contributed by atoms with van der Waals surface area (Å²) in [6, 6.07) is 14.2. The number of amides is 1. The molecule has 0 spiro atoms. The van der Waals surface area contributed by atoms with Crippen LogP contribution in [-0.2, 0) is 11.2 Å². The third kappa shape index (κ3) is 5.18. The number of halogens is 1. The van der Waals surface area contributed by atoms with Crippen molar-refractivity contribution in [2.75, 3.05) is 5.32 Å². The van der Waals surface area contributed by atoms with Crippen molar-refractivity contribution in [3.05, 3.63) is 71.0 Å². The second-order valence-corrected chi connectivity index (χ2v) is 7.36. The van der Waals surface area contributed by atoms with E-state index in [1.165, 1.54) is 17.5 Å². The van der Waals surface area contributed by atoms with E-state index in [0.717, 1.165) is 4.88 Å². The lowest BCUT2D eigenvalue weighted by atomic mass is 10.3. The average Bonchev–Trinajstić information content (AvgIpc) is 3.41. The largest absolute Gasteiger partial charge is 0.439 e. The Morgan fingerprint density at radius 3 is 2.76 bits per heavy atom. The summed E-state index contributed by atoms with van der Waals surface area (Å²) in [5, 5.41) is 9.29. The predicted molar refractivity (Wildman–Crippen MR) is 110 cm³/mol. The number of aryl methyl sites for hydroxylation is 1. The predicted octanol–water partition coefficient (Wildman–Crippen LogP) is 5.21. The summed E-state index contributed by atoms with van der Waals surface area (Å²) < 4.78 is 10.8. The van der Waals surface area contributed by atoms with Crippen LogP contribution in [0.15, 0.2) is 64.6 Å². The molecule has 3 aromatic heterocycles. The molecule has 4 rings (SSSR count). The minimum atomic E-state index is -0.172. The molecule has 0 saturated heterocycles. The van der Waals surface area contributed by atoms with E-state index in [1.807, 2.05) is 17.5 Å². The molecule has 0 bridgehead atoms. The number of pyridine rings is 1. The molecular formula is C20H15ClN4O3S. The highest BCUT2D eigenvalue weighted by Crippen LogP contribution is 2.23. The van der Waals surface area contributed by atoms with Crippen LogP contribution in [-0.4, -0.2) is 21.0 Å². The van der Waals surface area contributed by atoms with Crippen molar-refractivity contribution >= 4 is 34.5 Å². The quantitative estimate of drug-likeness (QED) is 0.436. The van der Waals surface area contributed by atoms with Crippen LogP contribution in [0.3, 0.4) is 0 Å². The van der Waals surface area contributed by atoms with E-state index in [4.69, 9.17) is 20.9 Å². The van der Waals surface area contributed by atoms with Crippen molar-refractivity contribution in [2.45, 2.75) is 12.8 Å². The molecular weight excluding hydrogens is 412 g/mol. The summed E-state index contributed by atoms with van der Waals surface area (Å²) in [7, 11) is 0. The van der Waals surface area contributed by atoms with Crippen molar-refractivity contribution in [2.24, 2.45) is 0 Å². The maximum absolute atomic E-state index is 12.2. The number of rotatable bonds is 7. The average molecular weight is 427 g/mol. The van der Waals surface area contributed by atoms with Gasteiger partial charge < -0.3 is 14.6 Å². The van der Waals surface area contributed by atoms with Gasteiger partial charge in [0.15, 0.2) is 0 Å². The molecule has 0 saturated carbocycles. The lowest BCUT2D eigenvalue weighted by Crippen LogP contribution is -2.12. The van der Waals surface area contributed by atoms with Gasteiger partial charge in [-0.05, 0) is 41.8 Å². The van der Waals surface area contributed by atoms with Gasteiger partial charge in [-0.25, -0.2) is 4.98 Å². The maximum atomic E-state index is 12.2. The Bertz CT molecular complexity index is 1080. The molecule has 0 aliphatic carbocycles. The molecule has 29 heavy (non-hydrogen) atoms. The molecule has 0 aliphatic heterocycles. The highest BCUT2D eigenvalue weighted by molar-refractivity contribution is 7.13. The van der Waals surface area contributed by atoms with E-state index in [0.29, 0.717) is 40.5 Å². The fraction of sp³-hybridized carbons (Fsp3) is 0.100. The Hall–Kier alpha value is -3.23. The molecule has 146 valence electrons. The van der Waals surface area contributed by atoms with Gasteiger partial charge in [0.1, 0.15) is 5.75 Å². The fourth-order valence-corrected chi connectivity index (χ4v) is 3.22. The molecule has 1 amide bonds. The van der Waals surface area contributed by atoms with Gasteiger partial charge in [0.25, 0.3) is 0 Å². The molecule has 4 aromatic rings. The lowest BCUT2D eigenvalue weighted by molar-refractivity contribution is -0.116. The Morgan fingerprint density at radius 2 is 2.03 bits per heavy atom. The highest BCUT2D eigenvalue weighted by Gasteiger charge is 2.11. The van der Waals surface area contributed by atoms with E-state index >= 15 is 0 Å². The van der Waals surface area contributed by atoms with Crippen molar-refractivity contribution in [1.82, 2.24) is 15.1 Å². The minimum absolute atomic E-state index is 0.172. The van der Waals surface area contributed by atoms with Crippen LogP contribution in [0.25, 0.3) is 10.7 Å². The summed E-state index contributed by atoms with van der Waals surface area (Å²) in [6.45, 7) is 0. The van der Waals surface area contributed by atoms with Crippen LogP contribution in [0.5, 0.6) is 11.6 Å². The normalized spacial score (nSPS) is 10.7. The van der Waals surface area contributed by atoms with Gasteiger partial charge in [-0.3, -0.25) is 4.79 Å². The zero-order valence-electron chi connectivity index (χ0n) is 15.0. The van der Waals surface area contributed by atoms with Gasteiger partial charge >= 0.3 is 0 Å². The molecule has 0 fully saturated rings.